The lowest BCUT2D eigenvalue weighted by atomic mass is 9.85. The van der Waals surface area contributed by atoms with Crippen LogP contribution in [0.3, 0.4) is 0 Å². The second-order valence-corrected chi connectivity index (χ2v) is 9.10. The van der Waals surface area contributed by atoms with Gasteiger partial charge in [-0.3, -0.25) is 19.6 Å². The topological polar surface area (TPSA) is 98.7 Å². The van der Waals surface area contributed by atoms with Gasteiger partial charge in [0.15, 0.2) is 0 Å². The Morgan fingerprint density at radius 1 is 1.30 bits per heavy atom. The number of hydrogen-bond acceptors (Lipinski definition) is 5. The minimum atomic E-state index is -0.778. The Kier molecular flexibility index (Phi) is 7.38. The Bertz CT molecular complexity index is 648. The van der Waals surface area contributed by atoms with Crippen LogP contribution in [0.4, 0.5) is 0 Å². The van der Waals surface area contributed by atoms with E-state index in [0.29, 0.717) is 17.3 Å². The fourth-order valence-corrected chi connectivity index (χ4v) is 4.01. The highest BCUT2D eigenvalue weighted by Crippen LogP contribution is 2.27. The van der Waals surface area contributed by atoms with Crippen molar-refractivity contribution >= 4 is 29.1 Å². The summed E-state index contributed by atoms with van der Waals surface area (Å²) in [6, 6.07) is 2.71. The molecule has 1 aliphatic carbocycles. The molecule has 1 fully saturated rings. The molecule has 1 aliphatic rings. The predicted octanol–water partition coefficient (Wildman–Crippen LogP) is 2.42. The van der Waals surface area contributed by atoms with Gasteiger partial charge >= 0.3 is 0 Å². The first-order valence-electron chi connectivity index (χ1n) is 9.28. The maximum absolute atomic E-state index is 13.3. The molecule has 1 atom stereocenters. The summed E-state index contributed by atoms with van der Waals surface area (Å²) in [6.07, 6.45) is 4.28. The van der Waals surface area contributed by atoms with E-state index in [0.717, 1.165) is 25.7 Å². The lowest BCUT2D eigenvalue weighted by molar-refractivity contribution is -0.142. The van der Waals surface area contributed by atoms with E-state index in [2.05, 4.69) is 5.32 Å². The van der Waals surface area contributed by atoms with Gasteiger partial charge in [-0.05, 0) is 35.6 Å². The number of amides is 3. The molecule has 0 saturated heterocycles. The molecule has 150 valence electrons. The summed E-state index contributed by atoms with van der Waals surface area (Å²) in [7, 11) is 0. The number of nitrogens with one attached hydrogen (secondary N) is 2. The Balaban J connectivity index is 2.19. The van der Waals surface area contributed by atoms with Crippen LogP contribution < -0.4 is 10.8 Å². The Morgan fingerprint density at radius 2 is 1.96 bits per heavy atom. The SMILES string of the molecule is CC(C)(C)[C@H](NC(=O)c1cccs1)C(=O)N(CC(=O)NO)CC1CCCC1. The number of carbonyl (C=O) groups is 3. The molecule has 2 rings (SSSR count). The van der Waals surface area contributed by atoms with Crippen molar-refractivity contribution < 1.29 is 19.6 Å². The first-order chi connectivity index (χ1) is 12.7. The summed E-state index contributed by atoms with van der Waals surface area (Å²) < 4.78 is 0. The largest absolute Gasteiger partial charge is 0.339 e. The molecule has 0 aromatic carbocycles. The van der Waals surface area contributed by atoms with Crippen LogP contribution in [0.15, 0.2) is 17.5 Å². The van der Waals surface area contributed by atoms with Crippen LogP contribution in [0.5, 0.6) is 0 Å². The van der Waals surface area contributed by atoms with Crippen LogP contribution in [0.2, 0.25) is 0 Å². The first-order valence-corrected chi connectivity index (χ1v) is 10.2. The fraction of sp³-hybridized carbons (Fsp3) is 0.632. The van der Waals surface area contributed by atoms with Crippen LogP contribution in [-0.4, -0.2) is 47.0 Å². The van der Waals surface area contributed by atoms with E-state index in [1.54, 1.807) is 23.0 Å². The van der Waals surface area contributed by atoms with Gasteiger partial charge in [0.05, 0.1) is 4.88 Å². The van der Waals surface area contributed by atoms with Crippen molar-refractivity contribution in [2.45, 2.75) is 52.5 Å². The highest BCUT2D eigenvalue weighted by molar-refractivity contribution is 7.12. The smallest absolute Gasteiger partial charge is 0.262 e. The summed E-state index contributed by atoms with van der Waals surface area (Å²) in [5.74, 6) is -0.902. The van der Waals surface area contributed by atoms with E-state index in [1.165, 1.54) is 16.2 Å². The van der Waals surface area contributed by atoms with Gasteiger partial charge in [-0.2, -0.15) is 0 Å². The van der Waals surface area contributed by atoms with Crippen LogP contribution in [-0.2, 0) is 9.59 Å². The summed E-state index contributed by atoms with van der Waals surface area (Å²) in [5, 5.41) is 13.5. The molecule has 0 aliphatic heterocycles. The van der Waals surface area contributed by atoms with Crippen LogP contribution in [0.1, 0.15) is 56.1 Å². The van der Waals surface area contributed by atoms with Crippen molar-refractivity contribution in [3.8, 4) is 0 Å². The third kappa shape index (κ3) is 6.04. The minimum absolute atomic E-state index is 0.229. The molecule has 0 unspecified atom stereocenters. The zero-order valence-electron chi connectivity index (χ0n) is 16.2. The van der Waals surface area contributed by atoms with E-state index in [-0.39, 0.29) is 18.4 Å². The molecule has 7 nitrogen and oxygen atoms in total. The van der Waals surface area contributed by atoms with Crippen molar-refractivity contribution in [2.75, 3.05) is 13.1 Å². The molecule has 1 saturated carbocycles. The fourth-order valence-electron chi connectivity index (χ4n) is 3.39. The van der Waals surface area contributed by atoms with E-state index in [1.807, 2.05) is 20.8 Å². The second kappa shape index (κ2) is 9.32. The van der Waals surface area contributed by atoms with Crippen molar-refractivity contribution in [1.82, 2.24) is 15.7 Å². The Morgan fingerprint density at radius 3 is 2.48 bits per heavy atom. The quantitative estimate of drug-likeness (QED) is 0.488. The Hall–Kier alpha value is -1.93. The van der Waals surface area contributed by atoms with E-state index >= 15 is 0 Å². The summed E-state index contributed by atoms with van der Waals surface area (Å²) >= 11 is 1.31. The molecule has 0 spiro atoms. The molecular formula is C19H29N3O4S. The maximum Gasteiger partial charge on any atom is 0.262 e. The standard InChI is InChI=1S/C19H29N3O4S/c1-19(2,3)16(20-17(24)14-9-6-10-27-14)18(25)22(12-15(23)21-26)11-13-7-4-5-8-13/h6,9-10,13,16,26H,4-5,7-8,11-12H2,1-3H3,(H,20,24)(H,21,23)/t16-/m1/s1. The van der Waals surface area contributed by atoms with Gasteiger partial charge in [0.1, 0.15) is 12.6 Å². The van der Waals surface area contributed by atoms with E-state index in [9.17, 15) is 14.4 Å². The second-order valence-electron chi connectivity index (χ2n) is 8.15. The highest BCUT2D eigenvalue weighted by atomic mass is 32.1. The molecular weight excluding hydrogens is 366 g/mol. The molecule has 1 aromatic heterocycles. The zero-order valence-corrected chi connectivity index (χ0v) is 17.0. The monoisotopic (exact) mass is 395 g/mol. The lowest BCUT2D eigenvalue weighted by Crippen LogP contribution is -2.56. The van der Waals surface area contributed by atoms with Gasteiger partial charge in [-0.25, -0.2) is 5.48 Å². The number of thiophene rings is 1. The maximum atomic E-state index is 13.3. The average Bonchev–Trinajstić information content (AvgIpc) is 3.30. The average molecular weight is 396 g/mol. The van der Waals surface area contributed by atoms with Crippen molar-refractivity contribution in [3.05, 3.63) is 22.4 Å². The Labute approximate surface area is 164 Å². The highest BCUT2D eigenvalue weighted by Gasteiger charge is 2.37. The summed E-state index contributed by atoms with van der Waals surface area (Å²) in [6.45, 7) is 5.86. The summed E-state index contributed by atoms with van der Waals surface area (Å²) in [5.41, 5.74) is 1.06. The van der Waals surface area contributed by atoms with Gasteiger partial charge < -0.3 is 10.2 Å². The zero-order chi connectivity index (χ0) is 20.0. The number of hydrogen-bond donors (Lipinski definition) is 3. The molecule has 1 aromatic rings. The van der Waals surface area contributed by atoms with Gasteiger partial charge in [0.2, 0.25) is 5.91 Å². The van der Waals surface area contributed by atoms with Crippen LogP contribution in [0.25, 0.3) is 0 Å². The van der Waals surface area contributed by atoms with Crippen LogP contribution >= 0.6 is 11.3 Å². The third-order valence-corrected chi connectivity index (χ3v) is 5.73. The van der Waals surface area contributed by atoms with E-state index < -0.39 is 17.4 Å². The molecule has 0 radical (unpaired) electrons. The molecule has 0 bridgehead atoms. The summed E-state index contributed by atoms with van der Waals surface area (Å²) in [4.78, 5) is 39.5. The van der Waals surface area contributed by atoms with Gasteiger partial charge in [-0.15, -0.1) is 11.3 Å². The molecule has 8 heteroatoms. The minimum Gasteiger partial charge on any atom is -0.339 e. The van der Waals surface area contributed by atoms with Gasteiger partial charge in [-0.1, -0.05) is 39.7 Å². The number of hydroxylamine groups is 1. The third-order valence-electron chi connectivity index (χ3n) is 4.86. The normalized spacial score (nSPS) is 16.0. The van der Waals surface area contributed by atoms with Crippen LogP contribution in [0, 0.1) is 11.3 Å². The van der Waals surface area contributed by atoms with Gasteiger partial charge in [0.25, 0.3) is 11.8 Å². The first kappa shape index (κ1) is 21.4. The van der Waals surface area contributed by atoms with Crippen molar-refractivity contribution in [3.63, 3.8) is 0 Å². The molecule has 27 heavy (non-hydrogen) atoms. The predicted molar refractivity (Wildman–Crippen MR) is 103 cm³/mol. The molecule has 3 N–H and O–H groups in total. The number of nitrogens with zero attached hydrogens (tertiary/aromatic N) is 1. The number of rotatable bonds is 7. The van der Waals surface area contributed by atoms with E-state index in [4.69, 9.17) is 5.21 Å². The molecule has 3 amide bonds. The van der Waals surface area contributed by atoms with Crippen molar-refractivity contribution in [1.29, 1.82) is 0 Å². The lowest BCUT2D eigenvalue weighted by Gasteiger charge is -2.35. The van der Waals surface area contributed by atoms with Gasteiger partial charge in [0, 0.05) is 6.54 Å². The number of carbonyl (C=O) groups excluding carboxylic acids is 3. The van der Waals surface area contributed by atoms with Crippen molar-refractivity contribution in [2.24, 2.45) is 11.3 Å². The molecule has 1 heterocycles.